The van der Waals surface area contributed by atoms with Crippen LogP contribution in [0.5, 0.6) is 0 Å². The Morgan fingerprint density at radius 3 is 1.80 bits per heavy atom. The first-order chi connectivity index (χ1) is 4.54. The molecule has 0 aliphatic carbocycles. The van der Waals surface area contributed by atoms with Crippen LogP contribution in [0.3, 0.4) is 0 Å². The average molecular weight is 244 g/mol. The third-order valence-corrected chi connectivity index (χ3v) is 14.3. The summed E-state index contributed by atoms with van der Waals surface area (Å²) in [6, 6.07) is 0. The van der Waals surface area contributed by atoms with E-state index < -0.39 is 12.3 Å². The summed E-state index contributed by atoms with van der Waals surface area (Å²) in [6.45, 7) is 6.42. The second-order valence-electron chi connectivity index (χ2n) is 2.84. The Morgan fingerprint density at radius 2 is 1.70 bits per heavy atom. The van der Waals surface area contributed by atoms with Gasteiger partial charge >= 0.3 is 75.9 Å². The van der Waals surface area contributed by atoms with Crippen molar-refractivity contribution in [1.82, 2.24) is 0 Å². The zero-order chi connectivity index (χ0) is 8.20. The number of hydrogen-bond acceptors (Lipinski definition) is 0. The van der Waals surface area contributed by atoms with E-state index in [2.05, 4.69) is 13.8 Å². The number of rotatable bonds is 4. The fourth-order valence-corrected chi connectivity index (χ4v) is 8.57. The minimum absolute atomic E-state index is 0.275. The van der Waals surface area contributed by atoms with Crippen LogP contribution >= 0.6 is 21.6 Å². The summed E-state index contributed by atoms with van der Waals surface area (Å²) in [5, 5.41) is 3.75. The summed E-state index contributed by atoms with van der Waals surface area (Å²) in [4.78, 5) is 0. The average Bonchev–Trinajstić information content (AvgIpc) is 1.87. The molecule has 0 rings (SSSR count). The molecule has 0 aromatic carbocycles. The van der Waals surface area contributed by atoms with Gasteiger partial charge in [0.1, 0.15) is 0 Å². The molecular formula is C7H16Cl2Ge. The molecule has 0 saturated heterocycles. The van der Waals surface area contributed by atoms with Crippen LogP contribution in [0.4, 0.5) is 0 Å². The third-order valence-electron chi connectivity index (χ3n) is 1.91. The second kappa shape index (κ2) is 4.89. The molecule has 0 spiro atoms. The molecule has 0 aliphatic rings. The fraction of sp³-hybridized carbons (Fsp3) is 1.00. The van der Waals surface area contributed by atoms with Gasteiger partial charge < -0.3 is 0 Å². The van der Waals surface area contributed by atoms with Gasteiger partial charge in [-0.25, -0.2) is 0 Å². The molecule has 0 saturated carbocycles. The molecule has 62 valence electrons. The van der Waals surface area contributed by atoms with Gasteiger partial charge in [-0.15, -0.1) is 0 Å². The van der Waals surface area contributed by atoms with Crippen molar-refractivity contribution in [3.05, 3.63) is 0 Å². The van der Waals surface area contributed by atoms with Crippen LogP contribution in [0.1, 0.15) is 20.8 Å². The van der Waals surface area contributed by atoms with E-state index in [0.29, 0.717) is 0 Å². The van der Waals surface area contributed by atoms with Crippen LogP contribution in [0.15, 0.2) is 0 Å². The molecule has 0 heterocycles. The van der Waals surface area contributed by atoms with Gasteiger partial charge in [0.05, 0.1) is 0 Å². The number of hydrogen-bond donors (Lipinski definition) is 0. The Morgan fingerprint density at radius 1 is 1.30 bits per heavy atom. The normalized spacial score (nSPS) is 15.3. The monoisotopic (exact) mass is 244 g/mol. The molecule has 0 aromatic rings. The van der Waals surface area contributed by atoms with Crippen molar-refractivity contribution in [2.45, 2.75) is 41.9 Å². The first-order valence-corrected chi connectivity index (χ1v) is 11.5. The van der Waals surface area contributed by atoms with Crippen molar-refractivity contribution in [1.29, 1.82) is 0 Å². The first-order valence-electron chi connectivity index (χ1n) is 3.87. The standard InChI is InChI=1S/C7H16Cl2Ge/c1-4-10(9,5-2)6-7(3)8/h7H,4-6H2,1-3H3. The summed E-state index contributed by atoms with van der Waals surface area (Å²) in [5.41, 5.74) is 0. The summed E-state index contributed by atoms with van der Waals surface area (Å²) < 4.78 is 0. The number of halogens is 2. The van der Waals surface area contributed by atoms with E-state index in [1.165, 1.54) is 10.5 Å². The zero-order valence-corrected chi connectivity index (χ0v) is 10.6. The molecule has 0 fully saturated rings. The molecule has 0 N–H and O–H groups in total. The van der Waals surface area contributed by atoms with Crippen molar-refractivity contribution >= 4 is 33.9 Å². The van der Waals surface area contributed by atoms with E-state index in [-0.39, 0.29) is 5.38 Å². The summed E-state index contributed by atoms with van der Waals surface area (Å²) in [7, 11) is 6.41. The molecular weight excluding hydrogens is 228 g/mol. The Hall–Kier alpha value is 1.12. The Bertz CT molecular complexity index is 89.6. The molecule has 0 radical (unpaired) electrons. The quantitative estimate of drug-likeness (QED) is 0.520. The molecule has 3 heteroatoms. The molecule has 0 aromatic heterocycles. The Kier molecular flexibility index (Phi) is 5.44. The Balaban J connectivity index is 3.80. The maximum atomic E-state index is 6.41. The van der Waals surface area contributed by atoms with Crippen molar-refractivity contribution in [3.63, 3.8) is 0 Å². The number of alkyl halides is 1. The van der Waals surface area contributed by atoms with E-state index in [1.807, 2.05) is 6.92 Å². The third kappa shape index (κ3) is 4.10. The summed E-state index contributed by atoms with van der Waals surface area (Å²) in [6.07, 6.45) is 0. The fourth-order valence-electron chi connectivity index (χ4n) is 1.04. The maximum absolute atomic E-state index is 6.41. The molecule has 0 aliphatic heterocycles. The van der Waals surface area contributed by atoms with E-state index in [9.17, 15) is 0 Å². The van der Waals surface area contributed by atoms with Crippen molar-refractivity contribution in [3.8, 4) is 0 Å². The minimum atomic E-state index is -1.90. The Labute approximate surface area is 75.8 Å². The van der Waals surface area contributed by atoms with Crippen molar-refractivity contribution in [2.24, 2.45) is 0 Å². The van der Waals surface area contributed by atoms with Crippen LogP contribution in [-0.2, 0) is 0 Å². The van der Waals surface area contributed by atoms with Crippen molar-refractivity contribution in [2.75, 3.05) is 0 Å². The predicted molar refractivity (Wildman–Crippen MR) is 52.7 cm³/mol. The van der Waals surface area contributed by atoms with Gasteiger partial charge in [-0.1, -0.05) is 0 Å². The van der Waals surface area contributed by atoms with Gasteiger partial charge in [0.25, 0.3) is 0 Å². The van der Waals surface area contributed by atoms with E-state index in [0.717, 1.165) is 5.25 Å². The summed E-state index contributed by atoms with van der Waals surface area (Å²) >= 11 is 3.98. The van der Waals surface area contributed by atoms with Gasteiger partial charge in [-0.2, -0.15) is 0 Å². The second-order valence-corrected chi connectivity index (χ2v) is 16.4. The topological polar surface area (TPSA) is 0 Å². The van der Waals surface area contributed by atoms with Crippen LogP contribution in [0.2, 0.25) is 15.8 Å². The zero-order valence-electron chi connectivity index (χ0n) is 6.95. The van der Waals surface area contributed by atoms with Gasteiger partial charge in [0, 0.05) is 0 Å². The van der Waals surface area contributed by atoms with E-state index in [1.54, 1.807) is 0 Å². The molecule has 1 atom stereocenters. The van der Waals surface area contributed by atoms with E-state index >= 15 is 0 Å². The molecule has 10 heavy (non-hydrogen) atoms. The summed E-state index contributed by atoms with van der Waals surface area (Å²) in [5.74, 6) is 0. The van der Waals surface area contributed by atoms with Crippen LogP contribution in [-0.4, -0.2) is 17.7 Å². The van der Waals surface area contributed by atoms with E-state index in [4.69, 9.17) is 21.6 Å². The van der Waals surface area contributed by atoms with Gasteiger partial charge in [0.15, 0.2) is 0 Å². The van der Waals surface area contributed by atoms with Gasteiger partial charge in [-0.3, -0.25) is 0 Å². The van der Waals surface area contributed by atoms with Gasteiger partial charge in [-0.05, 0) is 0 Å². The van der Waals surface area contributed by atoms with Crippen LogP contribution in [0.25, 0.3) is 0 Å². The first kappa shape index (κ1) is 11.1. The van der Waals surface area contributed by atoms with Crippen LogP contribution < -0.4 is 0 Å². The molecule has 0 nitrogen and oxygen atoms in total. The molecule has 0 bridgehead atoms. The predicted octanol–water partition coefficient (Wildman–Crippen LogP) is 3.84. The molecule has 0 amide bonds. The van der Waals surface area contributed by atoms with Crippen LogP contribution in [0, 0.1) is 0 Å². The van der Waals surface area contributed by atoms with Gasteiger partial charge in [0.2, 0.25) is 0 Å². The van der Waals surface area contributed by atoms with Crippen molar-refractivity contribution < 1.29 is 0 Å². The molecule has 1 unspecified atom stereocenters. The SMILES string of the molecule is C[CH2][Ge]([Cl])([CH2]C)[CH2]C(C)Cl.